The zero-order valence-electron chi connectivity index (χ0n) is 8.60. The first-order chi connectivity index (χ1) is 7.97. The summed E-state index contributed by atoms with van der Waals surface area (Å²) in [7, 11) is 0. The Morgan fingerprint density at radius 2 is 1.71 bits per heavy atom. The monoisotopic (exact) mass is 241 g/mol. The first kappa shape index (κ1) is 11.4. The molecule has 0 saturated carbocycles. The molecule has 0 saturated heterocycles. The molecule has 0 bridgehead atoms. The first-order valence-corrected chi connectivity index (χ1v) is 4.54. The Labute approximate surface area is 93.8 Å². The van der Waals surface area contributed by atoms with Crippen molar-refractivity contribution in [1.29, 1.82) is 0 Å². The van der Waals surface area contributed by atoms with Crippen molar-refractivity contribution in [2.75, 3.05) is 0 Å². The van der Waals surface area contributed by atoms with Crippen LogP contribution in [0.1, 0.15) is 11.5 Å². The number of aryl methyl sites for hydroxylation is 1. The van der Waals surface area contributed by atoms with Crippen molar-refractivity contribution in [3.63, 3.8) is 0 Å². The number of hydrogen-bond acceptors (Lipinski definition) is 5. The normalized spacial score (nSPS) is 11.5. The number of halogens is 3. The van der Waals surface area contributed by atoms with Crippen molar-refractivity contribution < 1.29 is 13.2 Å². The second-order valence-electron chi connectivity index (χ2n) is 3.20. The number of rotatable bonds is 1. The van der Waals surface area contributed by atoms with Gasteiger partial charge in [0.25, 0.3) is 0 Å². The van der Waals surface area contributed by atoms with Gasteiger partial charge in [-0.3, -0.25) is 4.98 Å². The number of alkyl halides is 3. The van der Waals surface area contributed by atoms with E-state index < -0.39 is 11.9 Å². The van der Waals surface area contributed by atoms with Gasteiger partial charge in [0.1, 0.15) is 5.69 Å². The van der Waals surface area contributed by atoms with Gasteiger partial charge >= 0.3 is 6.18 Å². The molecule has 17 heavy (non-hydrogen) atoms. The maximum absolute atomic E-state index is 12.4. The number of nitrogens with zero attached hydrogens (tertiary/aromatic N) is 5. The Balaban J connectivity index is 2.43. The van der Waals surface area contributed by atoms with Gasteiger partial charge in [-0.15, -0.1) is 20.4 Å². The third-order valence-electron chi connectivity index (χ3n) is 1.89. The van der Waals surface area contributed by atoms with Gasteiger partial charge in [-0.05, 0) is 19.1 Å². The topological polar surface area (TPSA) is 64.5 Å². The summed E-state index contributed by atoms with van der Waals surface area (Å²) in [6, 6.07) is 2.22. The van der Waals surface area contributed by atoms with E-state index in [0.29, 0.717) is 5.82 Å². The summed E-state index contributed by atoms with van der Waals surface area (Å²) in [5.74, 6) is 0.377. The van der Waals surface area contributed by atoms with E-state index in [1.54, 1.807) is 6.92 Å². The fourth-order valence-corrected chi connectivity index (χ4v) is 1.12. The third-order valence-corrected chi connectivity index (χ3v) is 1.89. The van der Waals surface area contributed by atoms with E-state index in [0.717, 1.165) is 12.3 Å². The molecule has 0 amide bonds. The highest BCUT2D eigenvalue weighted by atomic mass is 19.4. The van der Waals surface area contributed by atoms with Gasteiger partial charge in [0.15, 0.2) is 5.82 Å². The molecule has 0 N–H and O–H groups in total. The van der Waals surface area contributed by atoms with Gasteiger partial charge in [-0.1, -0.05) is 0 Å². The molecule has 0 spiro atoms. The summed E-state index contributed by atoms with van der Waals surface area (Å²) in [6.07, 6.45) is -3.46. The summed E-state index contributed by atoms with van der Waals surface area (Å²) in [4.78, 5) is 3.23. The predicted molar refractivity (Wildman–Crippen MR) is 50.6 cm³/mol. The summed E-state index contributed by atoms with van der Waals surface area (Å²) < 4.78 is 37.2. The quantitative estimate of drug-likeness (QED) is 0.759. The van der Waals surface area contributed by atoms with E-state index in [2.05, 4.69) is 25.4 Å². The van der Waals surface area contributed by atoms with Gasteiger partial charge in [0.2, 0.25) is 5.82 Å². The second kappa shape index (κ2) is 4.04. The third kappa shape index (κ3) is 2.52. The lowest BCUT2D eigenvalue weighted by atomic mass is 10.2. The maximum atomic E-state index is 12.4. The Morgan fingerprint density at radius 1 is 1.06 bits per heavy atom. The Kier molecular flexibility index (Phi) is 2.70. The highest BCUT2D eigenvalue weighted by molar-refractivity contribution is 5.53. The summed E-state index contributed by atoms with van der Waals surface area (Å²) in [5, 5.41) is 14.6. The largest absolute Gasteiger partial charge is 0.433 e. The molecular weight excluding hydrogens is 235 g/mol. The molecule has 88 valence electrons. The summed E-state index contributed by atoms with van der Waals surface area (Å²) in [6.45, 7) is 1.58. The fraction of sp³-hybridized carbons (Fsp3) is 0.222. The van der Waals surface area contributed by atoms with E-state index in [9.17, 15) is 13.2 Å². The van der Waals surface area contributed by atoms with Crippen molar-refractivity contribution in [3.05, 3.63) is 29.8 Å². The Hall–Kier alpha value is -2.12. The van der Waals surface area contributed by atoms with Crippen LogP contribution >= 0.6 is 0 Å². The zero-order valence-corrected chi connectivity index (χ0v) is 8.60. The minimum Gasteiger partial charge on any atom is -0.252 e. The van der Waals surface area contributed by atoms with Gasteiger partial charge in [0.05, 0.1) is 0 Å². The predicted octanol–water partition coefficient (Wildman–Crippen LogP) is 1.66. The lowest BCUT2D eigenvalue weighted by molar-refractivity contribution is -0.141. The lowest BCUT2D eigenvalue weighted by Gasteiger charge is -2.06. The molecule has 0 atom stereocenters. The van der Waals surface area contributed by atoms with Crippen LogP contribution in [-0.2, 0) is 6.18 Å². The molecule has 0 aliphatic rings. The van der Waals surface area contributed by atoms with Crippen LogP contribution in [0.15, 0.2) is 18.3 Å². The molecule has 0 fully saturated rings. The van der Waals surface area contributed by atoms with Crippen LogP contribution in [0.25, 0.3) is 11.4 Å². The van der Waals surface area contributed by atoms with Crippen molar-refractivity contribution in [2.24, 2.45) is 0 Å². The van der Waals surface area contributed by atoms with Crippen LogP contribution in [0, 0.1) is 6.92 Å². The molecule has 2 aromatic heterocycles. The van der Waals surface area contributed by atoms with E-state index in [1.165, 1.54) is 6.07 Å². The molecular formula is C9H6F3N5. The second-order valence-corrected chi connectivity index (χ2v) is 3.20. The molecule has 0 unspecified atom stereocenters. The van der Waals surface area contributed by atoms with Crippen LogP contribution in [0.4, 0.5) is 13.2 Å². The SMILES string of the molecule is Cc1nnc(-c2ccnc(C(F)(F)F)c2)nn1. The van der Waals surface area contributed by atoms with Crippen molar-refractivity contribution in [1.82, 2.24) is 25.4 Å². The van der Waals surface area contributed by atoms with Gasteiger partial charge in [0, 0.05) is 11.8 Å². The fourth-order valence-electron chi connectivity index (χ4n) is 1.12. The van der Waals surface area contributed by atoms with Crippen LogP contribution in [0.3, 0.4) is 0 Å². The maximum Gasteiger partial charge on any atom is 0.433 e. The lowest BCUT2D eigenvalue weighted by Crippen LogP contribution is -2.08. The molecule has 2 heterocycles. The van der Waals surface area contributed by atoms with Crippen molar-refractivity contribution in [3.8, 4) is 11.4 Å². The molecule has 0 aromatic carbocycles. The minimum absolute atomic E-state index is 0.0310. The molecule has 2 aromatic rings. The number of hydrogen-bond donors (Lipinski definition) is 0. The zero-order chi connectivity index (χ0) is 12.5. The summed E-state index contributed by atoms with van der Waals surface area (Å²) >= 11 is 0. The molecule has 8 heteroatoms. The number of pyridine rings is 1. The molecule has 2 rings (SSSR count). The van der Waals surface area contributed by atoms with E-state index >= 15 is 0 Å². The van der Waals surface area contributed by atoms with Crippen molar-refractivity contribution in [2.45, 2.75) is 13.1 Å². The molecule has 5 nitrogen and oxygen atoms in total. The Bertz CT molecular complexity index is 523. The van der Waals surface area contributed by atoms with E-state index in [4.69, 9.17) is 0 Å². The van der Waals surface area contributed by atoms with Crippen LogP contribution < -0.4 is 0 Å². The van der Waals surface area contributed by atoms with Gasteiger partial charge < -0.3 is 0 Å². The molecule has 0 aliphatic heterocycles. The van der Waals surface area contributed by atoms with Crippen molar-refractivity contribution >= 4 is 0 Å². The first-order valence-electron chi connectivity index (χ1n) is 4.54. The summed E-state index contributed by atoms with van der Waals surface area (Å²) in [5.41, 5.74) is -0.827. The molecule has 0 radical (unpaired) electrons. The van der Waals surface area contributed by atoms with Crippen LogP contribution in [-0.4, -0.2) is 25.4 Å². The highest BCUT2D eigenvalue weighted by Gasteiger charge is 2.32. The smallest absolute Gasteiger partial charge is 0.252 e. The Morgan fingerprint density at radius 3 is 2.29 bits per heavy atom. The van der Waals surface area contributed by atoms with E-state index in [-0.39, 0.29) is 11.4 Å². The average Bonchev–Trinajstić information content (AvgIpc) is 2.29. The van der Waals surface area contributed by atoms with Crippen LogP contribution in [0.2, 0.25) is 0 Å². The highest BCUT2D eigenvalue weighted by Crippen LogP contribution is 2.29. The van der Waals surface area contributed by atoms with Gasteiger partial charge in [-0.2, -0.15) is 13.2 Å². The molecule has 0 aliphatic carbocycles. The standard InChI is InChI=1S/C9H6F3N5/c1-5-14-16-8(17-15-5)6-2-3-13-7(4-6)9(10,11)12/h2-4H,1H3. The van der Waals surface area contributed by atoms with Gasteiger partial charge in [-0.25, -0.2) is 0 Å². The van der Waals surface area contributed by atoms with Crippen LogP contribution in [0.5, 0.6) is 0 Å². The van der Waals surface area contributed by atoms with E-state index in [1.807, 2.05) is 0 Å². The average molecular weight is 241 g/mol. The number of aromatic nitrogens is 5. The minimum atomic E-state index is -4.50.